The molecule has 0 spiro atoms. The number of amides is 1. The lowest BCUT2D eigenvalue weighted by atomic mass is 9.82. The number of ether oxygens (including phenoxy) is 4. The minimum atomic E-state index is -0.939. The van der Waals surface area contributed by atoms with E-state index in [1.165, 1.54) is 0 Å². The highest BCUT2D eigenvalue weighted by Gasteiger charge is 2.48. The van der Waals surface area contributed by atoms with Gasteiger partial charge in [-0.2, -0.15) is 0 Å². The number of carbonyl (C=O) groups excluding carboxylic acids is 1. The van der Waals surface area contributed by atoms with Crippen molar-refractivity contribution in [1.29, 1.82) is 0 Å². The molecule has 3 aromatic rings. The van der Waals surface area contributed by atoms with Crippen LogP contribution < -0.4 is 24.3 Å². The van der Waals surface area contributed by atoms with E-state index in [1.807, 2.05) is 66.4 Å². The molecule has 0 bridgehead atoms. The zero-order valence-electron chi connectivity index (χ0n) is 25.2. The van der Waals surface area contributed by atoms with Crippen molar-refractivity contribution in [3.05, 3.63) is 76.9 Å². The summed E-state index contributed by atoms with van der Waals surface area (Å²) >= 11 is 0. The van der Waals surface area contributed by atoms with Gasteiger partial charge in [0.2, 0.25) is 18.4 Å². The number of para-hydroxylation sites is 1. The molecule has 228 valence electrons. The van der Waals surface area contributed by atoms with Gasteiger partial charge in [0.15, 0.2) is 11.5 Å². The molecule has 1 fully saturated rings. The zero-order chi connectivity index (χ0) is 30.5. The number of carboxylic acid groups (broad SMARTS) is 1. The molecule has 9 nitrogen and oxygen atoms in total. The summed E-state index contributed by atoms with van der Waals surface area (Å²) < 4.78 is 22.6. The molecule has 5 rings (SSSR count). The van der Waals surface area contributed by atoms with Gasteiger partial charge < -0.3 is 29.4 Å². The predicted octanol–water partition coefficient (Wildman–Crippen LogP) is 5.82. The first-order valence-electron chi connectivity index (χ1n) is 15.0. The van der Waals surface area contributed by atoms with Crippen LogP contribution >= 0.6 is 0 Å². The topological polar surface area (TPSA) is 107 Å². The van der Waals surface area contributed by atoms with Crippen LogP contribution in [-0.4, -0.2) is 55.5 Å². The van der Waals surface area contributed by atoms with Gasteiger partial charge in [0.1, 0.15) is 5.75 Å². The van der Waals surface area contributed by atoms with Crippen LogP contribution in [0.15, 0.2) is 54.6 Å². The minimum absolute atomic E-state index is 0.0297. The van der Waals surface area contributed by atoms with E-state index in [4.69, 9.17) is 18.9 Å². The Bertz CT molecular complexity index is 1430. The van der Waals surface area contributed by atoms with Crippen LogP contribution in [0.3, 0.4) is 0 Å². The Balaban J connectivity index is 1.51. The number of aryl methyl sites for hydroxylation is 2. The lowest BCUT2D eigenvalue weighted by Gasteiger charge is -2.27. The number of nitrogens with one attached hydrogen (secondary N) is 1. The molecule has 0 aliphatic carbocycles. The number of rotatable bonds is 12. The number of nitrogens with zero attached hydrogens (tertiary/aromatic N) is 1. The first-order valence-corrected chi connectivity index (χ1v) is 15.0. The summed E-state index contributed by atoms with van der Waals surface area (Å²) in [5.74, 6) is -0.164. The van der Waals surface area contributed by atoms with Gasteiger partial charge in [-0.3, -0.25) is 14.5 Å². The number of carboxylic acids is 1. The number of methoxy groups -OCH3 is 1. The Morgan fingerprint density at radius 3 is 2.35 bits per heavy atom. The van der Waals surface area contributed by atoms with Crippen molar-refractivity contribution in [1.82, 2.24) is 4.90 Å². The number of fused-ring (bicyclic) bond motifs is 1. The molecule has 3 aromatic carbocycles. The van der Waals surface area contributed by atoms with Crippen LogP contribution in [0.25, 0.3) is 0 Å². The maximum absolute atomic E-state index is 13.7. The fourth-order valence-electron chi connectivity index (χ4n) is 6.24. The van der Waals surface area contributed by atoms with Crippen molar-refractivity contribution in [2.75, 3.05) is 38.9 Å². The molecule has 2 N–H and O–H groups in total. The molecular formula is C34H40N2O7. The highest BCUT2D eigenvalue weighted by molar-refractivity contribution is 5.94. The van der Waals surface area contributed by atoms with Crippen molar-refractivity contribution >= 4 is 17.6 Å². The van der Waals surface area contributed by atoms with E-state index in [0.29, 0.717) is 30.4 Å². The van der Waals surface area contributed by atoms with Gasteiger partial charge >= 0.3 is 5.97 Å². The normalized spacial score (nSPS) is 19.3. The SMILES string of the molecule is CCCOc1ccc(C2C(C(=O)O)C(c3cc(OC)c4c(c3)OCO4)CN2CC(=O)Nc2c(CC)cccc2CC)cc1. The molecule has 0 radical (unpaired) electrons. The van der Waals surface area contributed by atoms with Crippen molar-refractivity contribution in [2.24, 2.45) is 5.92 Å². The number of hydrogen-bond acceptors (Lipinski definition) is 7. The Kier molecular flexibility index (Phi) is 9.40. The van der Waals surface area contributed by atoms with Crippen LogP contribution in [-0.2, 0) is 22.4 Å². The molecular weight excluding hydrogens is 548 g/mol. The summed E-state index contributed by atoms with van der Waals surface area (Å²) in [4.78, 5) is 28.6. The maximum Gasteiger partial charge on any atom is 0.309 e. The average Bonchev–Trinajstić information content (AvgIpc) is 3.65. The van der Waals surface area contributed by atoms with Gasteiger partial charge in [0.25, 0.3) is 0 Å². The lowest BCUT2D eigenvalue weighted by molar-refractivity contribution is -0.143. The van der Waals surface area contributed by atoms with Crippen LogP contribution in [0.1, 0.15) is 61.4 Å². The summed E-state index contributed by atoms with van der Waals surface area (Å²) in [6, 6.07) is 16.7. The highest BCUT2D eigenvalue weighted by Crippen LogP contribution is 2.50. The van der Waals surface area contributed by atoms with Crippen LogP contribution in [0.2, 0.25) is 0 Å². The third kappa shape index (κ3) is 6.27. The summed E-state index contributed by atoms with van der Waals surface area (Å²) in [5.41, 5.74) is 4.55. The van der Waals surface area contributed by atoms with E-state index in [2.05, 4.69) is 19.2 Å². The van der Waals surface area contributed by atoms with Crippen molar-refractivity contribution in [3.8, 4) is 23.0 Å². The number of anilines is 1. The molecule has 9 heteroatoms. The third-order valence-corrected chi connectivity index (χ3v) is 8.30. The quantitative estimate of drug-likeness (QED) is 0.273. The van der Waals surface area contributed by atoms with E-state index < -0.39 is 23.8 Å². The van der Waals surface area contributed by atoms with Crippen molar-refractivity contribution in [3.63, 3.8) is 0 Å². The van der Waals surface area contributed by atoms with E-state index in [0.717, 1.165) is 53.0 Å². The monoisotopic (exact) mass is 588 g/mol. The van der Waals surface area contributed by atoms with Gasteiger partial charge in [0, 0.05) is 24.2 Å². The summed E-state index contributed by atoms with van der Waals surface area (Å²) in [6.45, 7) is 7.22. The second-order valence-corrected chi connectivity index (χ2v) is 10.9. The number of benzene rings is 3. The largest absolute Gasteiger partial charge is 0.494 e. The van der Waals surface area contributed by atoms with E-state index in [-0.39, 0.29) is 19.2 Å². The Hall–Kier alpha value is -4.24. The zero-order valence-corrected chi connectivity index (χ0v) is 25.2. The van der Waals surface area contributed by atoms with Crippen LogP contribution in [0.5, 0.6) is 23.0 Å². The summed E-state index contributed by atoms with van der Waals surface area (Å²) in [6.07, 6.45) is 2.46. The summed E-state index contributed by atoms with van der Waals surface area (Å²) in [7, 11) is 1.55. The van der Waals surface area contributed by atoms with Gasteiger partial charge in [-0.1, -0.05) is 51.1 Å². The number of aliphatic carboxylic acids is 1. The van der Waals surface area contributed by atoms with E-state index >= 15 is 0 Å². The number of carbonyl (C=O) groups is 2. The van der Waals surface area contributed by atoms with Gasteiger partial charge in [-0.15, -0.1) is 0 Å². The number of likely N-dealkylation sites (tertiary alicyclic amines) is 1. The Morgan fingerprint density at radius 2 is 1.72 bits per heavy atom. The number of hydrogen-bond donors (Lipinski definition) is 2. The van der Waals surface area contributed by atoms with E-state index in [1.54, 1.807) is 7.11 Å². The molecule has 0 saturated carbocycles. The molecule has 43 heavy (non-hydrogen) atoms. The van der Waals surface area contributed by atoms with Gasteiger partial charge in [-0.05, 0) is 65.8 Å². The summed E-state index contributed by atoms with van der Waals surface area (Å²) in [5, 5.41) is 13.8. The molecule has 2 aliphatic rings. The molecule has 0 aromatic heterocycles. The molecule has 2 heterocycles. The first-order chi connectivity index (χ1) is 20.9. The Labute approximate surface area is 252 Å². The lowest BCUT2D eigenvalue weighted by Crippen LogP contribution is -2.35. The molecule has 2 aliphatic heterocycles. The van der Waals surface area contributed by atoms with Gasteiger partial charge in [-0.25, -0.2) is 0 Å². The van der Waals surface area contributed by atoms with E-state index in [9.17, 15) is 14.7 Å². The van der Waals surface area contributed by atoms with Crippen molar-refractivity contribution < 1.29 is 33.6 Å². The molecule has 1 saturated heterocycles. The molecule has 3 unspecified atom stereocenters. The van der Waals surface area contributed by atoms with Crippen LogP contribution in [0, 0.1) is 5.92 Å². The van der Waals surface area contributed by atoms with Crippen molar-refractivity contribution in [2.45, 2.75) is 52.0 Å². The Morgan fingerprint density at radius 1 is 1.00 bits per heavy atom. The predicted molar refractivity (Wildman–Crippen MR) is 163 cm³/mol. The standard InChI is InChI=1S/C34H40N2O7/c1-5-15-41-25-13-11-23(12-14-25)32-30(34(38)39)26(24-16-27(40-4)33-28(17-24)42-20-43-33)18-36(32)19-29(37)35-31-21(6-2)9-8-10-22(31)7-3/h8-14,16-17,26,30,32H,5-7,15,18-20H2,1-4H3,(H,35,37)(H,38,39). The second kappa shape index (κ2) is 13.4. The fraction of sp³-hybridized carbons (Fsp3) is 0.412. The first kappa shape index (κ1) is 30.2. The molecule has 1 amide bonds. The smallest absolute Gasteiger partial charge is 0.309 e. The second-order valence-electron chi connectivity index (χ2n) is 10.9. The minimum Gasteiger partial charge on any atom is -0.494 e. The molecule has 3 atom stereocenters. The van der Waals surface area contributed by atoms with Gasteiger partial charge in [0.05, 0.1) is 26.2 Å². The highest BCUT2D eigenvalue weighted by atomic mass is 16.7. The maximum atomic E-state index is 13.7. The fourth-order valence-corrected chi connectivity index (χ4v) is 6.24. The average molecular weight is 589 g/mol. The van der Waals surface area contributed by atoms with Crippen LogP contribution in [0.4, 0.5) is 5.69 Å². The third-order valence-electron chi connectivity index (χ3n) is 8.30.